The molecule has 1 aliphatic rings. The summed E-state index contributed by atoms with van der Waals surface area (Å²) in [5, 5.41) is 25.2. The number of nitrogens with one attached hydrogen (secondary N) is 3. The lowest BCUT2D eigenvalue weighted by atomic mass is 9.95. The highest BCUT2D eigenvalue weighted by molar-refractivity contribution is 5.69. The van der Waals surface area contributed by atoms with E-state index in [1.54, 1.807) is 13.0 Å². The summed E-state index contributed by atoms with van der Waals surface area (Å²) in [5.41, 5.74) is 3.04. The van der Waals surface area contributed by atoms with E-state index in [2.05, 4.69) is 43.2 Å². The first-order valence-electron chi connectivity index (χ1n) is 12.4. The summed E-state index contributed by atoms with van der Waals surface area (Å²) in [6.07, 6.45) is 5.14. The number of halogens is 2. The third-order valence-electron chi connectivity index (χ3n) is 6.89. The van der Waals surface area contributed by atoms with Crippen molar-refractivity contribution in [3.63, 3.8) is 0 Å². The number of allylic oxidation sites excluding steroid dienone is 2. The highest BCUT2D eigenvalue weighted by Gasteiger charge is 2.56. The number of aliphatic hydroxyl groups is 1. The Bertz CT molecular complexity index is 1080. The fraction of sp³-hybridized carbons (Fsp3) is 0.414. The lowest BCUT2D eigenvalue weighted by Crippen LogP contribution is -2.48. The van der Waals surface area contributed by atoms with Crippen LogP contribution in [0.25, 0.3) is 0 Å². The topological polar surface area (TPSA) is 71.4 Å². The van der Waals surface area contributed by atoms with Gasteiger partial charge in [0.2, 0.25) is 0 Å². The minimum absolute atomic E-state index is 0.255. The van der Waals surface area contributed by atoms with Crippen LogP contribution in [0.2, 0.25) is 0 Å². The molecule has 1 fully saturated rings. The van der Waals surface area contributed by atoms with Crippen LogP contribution >= 0.6 is 0 Å². The molecule has 2 aromatic rings. The summed E-state index contributed by atoms with van der Waals surface area (Å²) in [6, 6.07) is 11.3. The van der Waals surface area contributed by atoms with Crippen LogP contribution in [0, 0.1) is 28.9 Å². The predicted octanol–water partition coefficient (Wildman–Crippen LogP) is 5.12. The maximum atomic E-state index is 13.7. The second-order valence-electron chi connectivity index (χ2n) is 10.2. The van der Waals surface area contributed by atoms with Crippen LogP contribution in [0.5, 0.6) is 0 Å². The molecule has 0 aromatic heterocycles. The summed E-state index contributed by atoms with van der Waals surface area (Å²) in [4.78, 5) is 1.97. The van der Waals surface area contributed by atoms with Crippen LogP contribution < -0.4 is 15.5 Å². The Labute approximate surface area is 213 Å². The molecule has 5 nitrogen and oxygen atoms in total. The van der Waals surface area contributed by atoms with Crippen molar-refractivity contribution in [2.24, 2.45) is 11.8 Å². The van der Waals surface area contributed by atoms with Crippen LogP contribution in [-0.4, -0.2) is 37.1 Å². The summed E-state index contributed by atoms with van der Waals surface area (Å²) < 4.78 is 27.5. The van der Waals surface area contributed by atoms with E-state index in [-0.39, 0.29) is 12.0 Å². The Morgan fingerprint density at radius 2 is 1.94 bits per heavy atom. The Morgan fingerprint density at radius 3 is 2.53 bits per heavy atom. The lowest BCUT2D eigenvalue weighted by Gasteiger charge is -2.29. The Balaban J connectivity index is 1.80. The molecule has 2 aromatic carbocycles. The Morgan fingerprint density at radius 1 is 1.25 bits per heavy atom. The minimum Gasteiger partial charge on any atom is -0.390 e. The van der Waals surface area contributed by atoms with Gasteiger partial charge in [-0.1, -0.05) is 32.6 Å². The zero-order valence-electron chi connectivity index (χ0n) is 21.6. The van der Waals surface area contributed by atoms with E-state index in [1.165, 1.54) is 18.3 Å². The molecule has 0 radical (unpaired) electrons. The Kier molecular flexibility index (Phi) is 9.03. The number of anilines is 1. The smallest absolute Gasteiger partial charge is 0.126 e. The molecule has 0 aliphatic heterocycles. The molecule has 1 aliphatic carbocycles. The van der Waals surface area contributed by atoms with Gasteiger partial charge < -0.3 is 26.0 Å². The lowest BCUT2D eigenvalue weighted by molar-refractivity contribution is 0.122. The average Bonchev–Trinajstić information content (AvgIpc) is 3.56. The first-order chi connectivity index (χ1) is 17.1. The number of nitrogens with zero attached hydrogens (tertiary/aromatic N) is 1. The van der Waals surface area contributed by atoms with Crippen molar-refractivity contribution in [2.75, 3.05) is 18.5 Å². The van der Waals surface area contributed by atoms with E-state index in [4.69, 9.17) is 5.41 Å². The molecule has 3 rings (SSSR count). The fourth-order valence-electron chi connectivity index (χ4n) is 5.00. The monoisotopic (exact) mass is 496 g/mol. The van der Waals surface area contributed by atoms with Gasteiger partial charge in [0.25, 0.3) is 0 Å². The van der Waals surface area contributed by atoms with Gasteiger partial charge in [-0.05, 0) is 73.1 Å². The average molecular weight is 497 g/mol. The maximum Gasteiger partial charge on any atom is 0.126 e. The van der Waals surface area contributed by atoms with Crippen molar-refractivity contribution in [1.29, 1.82) is 5.41 Å². The van der Waals surface area contributed by atoms with E-state index in [0.29, 0.717) is 29.6 Å². The molecule has 1 saturated carbocycles. The molecule has 36 heavy (non-hydrogen) atoms. The highest BCUT2D eigenvalue weighted by atomic mass is 19.1. The molecule has 4 N–H and O–H groups in total. The van der Waals surface area contributed by atoms with E-state index >= 15 is 0 Å². The van der Waals surface area contributed by atoms with Gasteiger partial charge in [-0.25, -0.2) is 8.78 Å². The number of hydrogen-bond acceptors (Lipinski definition) is 5. The molecule has 0 amide bonds. The summed E-state index contributed by atoms with van der Waals surface area (Å²) >= 11 is 0. The van der Waals surface area contributed by atoms with Crippen LogP contribution in [0.15, 0.2) is 67.0 Å². The largest absolute Gasteiger partial charge is 0.390 e. The molecule has 0 bridgehead atoms. The summed E-state index contributed by atoms with van der Waals surface area (Å²) in [7, 11) is 1.94. The maximum absolute atomic E-state index is 13.7. The van der Waals surface area contributed by atoms with E-state index in [9.17, 15) is 13.9 Å². The van der Waals surface area contributed by atoms with Gasteiger partial charge >= 0.3 is 0 Å². The SMILES string of the molecule is C=C(C)NC(Cc1cc(F)cc(F)c1)C(O)CNC1(c2cccc(N(C)/C=C\C=N)c2)CC1C(C)C. The molecule has 7 heteroatoms. The van der Waals surface area contributed by atoms with Gasteiger partial charge in [-0.2, -0.15) is 0 Å². The third kappa shape index (κ3) is 6.80. The minimum atomic E-state index is -0.820. The predicted molar refractivity (Wildman–Crippen MR) is 143 cm³/mol. The van der Waals surface area contributed by atoms with Crippen LogP contribution in [0.4, 0.5) is 14.5 Å². The number of benzene rings is 2. The van der Waals surface area contributed by atoms with Crippen molar-refractivity contribution in [2.45, 2.75) is 51.3 Å². The van der Waals surface area contributed by atoms with Crippen LogP contribution in [0.3, 0.4) is 0 Å². The molecule has 0 spiro atoms. The van der Waals surface area contributed by atoms with Gasteiger partial charge in [-0.3, -0.25) is 0 Å². The number of aliphatic hydroxyl groups excluding tert-OH is 1. The summed E-state index contributed by atoms with van der Waals surface area (Å²) in [5.74, 6) is -0.409. The quantitative estimate of drug-likeness (QED) is 0.291. The van der Waals surface area contributed by atoms with Crippen molar-refractivity contribution in [1.82, 2.24) is 10.6 Å². The van der Waals surface area contributed by atoms with Crippen molar-refractivity contribution in [3.8, 4) is 0 Å². The number of hydrogen-bond donors (Lipinski definition) is 4. The van der Waals surface area contributed by atoms with Crippen LogP contribution in [0.1, 0.15) is 38.3 Å². The van der Waals surface area contributed by atoms with Crippen LogP contribution in [-0.2, 0) is 12.0 Å². The Hall–Kier alpha value is -3.03. The van der Waals surface area contributed by atoms with E-state index in [1.807, 2.05) is 30.3 Å². The summed E-state index contributed by atoms with van der Waals surface area (Å²) in [6.45, 7) is 10.4. The normalized spacial score (nSPS) is 20.8. The third-order valence-corrected chi connectivity index (χ3v) is 6.89. The second kappa shape index (κ2) is 11.8. The molecule has 4 atom stereocenters. The molecular weight excluding hydrogens is 458 g/mol. The molecule has 0 saturated heterocycles. The van der Waals surface area contributed by atoms with Gasteiger partial charge in [0.1, 0.15) is 11.6 Å². The van der Waals surface area contributed by atoms with Crippen molar-refractivity contribution < 1.29 is 13.9 Å². The van der Waals surface area contributed by atoms with Crippen molar-refractivity contribution >= 4 is 11.9 Å². The molecular formula is C29H38F2N4O. The molecule has 194 valence electrons. The zero-order chi connectivity index (χ0) is 26.5. The zero-order valence-corrected chi connectivity index (χ0v) is 21.6. The van der Waals surface area contributed by atoms with Crippen molar-refractivity contribution in [3.05, 3.63) is 89.8 Å². The van der Waals surface area contributed by atoms with Gasteiger partial charge in [0.05, 0.1) is 12.1 Å². The first-order valence-corrected chi connectivity index (χ1v) is 12.4. The molecule has 0 heterocycles. The fourth-order valence-corrected chi connectivity index (χ4v) is 5.00. The van der Waals surface area contributed by atoms with Gasteiger partial charge in [0, 0.05) is 49.0 Å². The van der Waals surface area contributed by atoms with Gasteiger partial charge in [0.15, 0.2) is 0 Å². The first kappa shape index (κ1) is 27.6. The molecule has 4 unspecified atom stereocenters. The number of rotatable bonds is 13. The van der Waals surface area contributed by atoms with Gasteiger partial charge in [-0.15, -0.1) is 0 Å². The standard InChI is InChI=1S/C29H38F2N4O/c1-19(2)26-17-29(26,22-8-6-9-25(15-22)35(5)11-7-10-32)33-18-28(36)27(34-20(3)4)14-21-12-23(30)16-24(31)13-21/h6-13,15-16,19,26-28,32-34,36H,3,14,17-18H2,1-2,4-5H3/b11-7-,32-10?. The highest BCUT2D eigenvalue weighted by Crippen LogP contribution is 2.56. The van der Waals surface area contributed by atoms with E-state index in [0.717, 1.165) is 23.7 Å². The second-order valence-corrected chi connectivity index (χ2v) is 10.2. The van der Waals surface area contributed by atoms with E-state index < -0.39 is 23.8 Å².